The number of aliphatic hydroxyl groups is 1. The van der Waals surface area contributed by atoms with Crippen molar-refractivity contribution in [1.29, 1.82) is 0 Å². The molecule has 0 aromatic carbocycles. The third-order valence-corrected chi connectivity index (χ3v) is 2.86. The molecule has 0 rings (SSSR count). The average Bonchev–Trinajstić information content (AvgIpc) is 2.24. The minimum absolute atomic E-state index is 0.00606. The molecule has 4 heteroatoms. The first kappa shape index (κ1) is 15.4. The number of nitrogens with one attached hydrogen (secondary N) is 2. The third-order valence-electron chi connectivity index (χ3n) is 2.86. The molecule has 0 saturated carbocycles. The van der Waals surface area contributed by atoms with Crippen molar-refractivity contribution in [2.24, 2.45) is 5.92 Å². The van der Waals surface area contributed by atoms with Gasteiger partial charge in [-0.3, -0.25) is 4.79 Å². The zero-order valence-electron chi connectivity index (χ0n) is 11.1. The molecular weight excluding hydrogens is 204 g/mol. The molecule has 0 heterocycles. The number of rotatable bonds is 7. The van der Waals surface area contributed by atoms with Gasteiger partial charge in [-0.05, 0) is 26.2 Å². The van der Waals surface area contributed by atoms with Crippen molar-refractivity contribution in [2.45, 2.75) is 59.2 Å². The van der Waals surface area contributed by atoms with E-state index in [1.807, 2.05) is 34.6 Å². The lowest BCUT2D eigenvalue weighted by Gasteiger charge is -2.25. The van der Waals surface area contributed by atoms with Crippen LogP contribution < -0.4 is 10.6 Å². The smallest absolute Gasteiger partial charge is 0.237 e. The number of aliphatic hydroxyl groups excluding tert-OH is 1. The van der Waals surface area contributed by atoms with Gasteiger partial charge in [0.1, 0.15) is 0 Å². The van der Waals surface area contributed by atoms with Gasteiger partial charge in [0.2, 0.25) is 5.91 Å². The lowest BCUT2D eigenvalue weighted by atomic mass is 10.0. The highest BCUT2D eigenvalue weighted by Crippen LogP contribution is 2.02. The zero-order chi connectivity index (χ0) is 12.7. The maximum absolute atomic E-state index is 11.7. The summed E-state index contributed by atoms with van der Waals surface area (Å²) >= 11 is 0. The van der Waals surface area contributed by atoms with Crippen molar-refractivity contribution in [3.63, 3.8) is 0 Å². The van der Waals surface area contributed by atoms with Crippen LogP contribution in [0.25, 0.3) is 0 Å². The minimum atomic E-state index is -0.270. The van der Waals surface area contributed by atoms with Crippen molar-refractivity contribution < 1.29 is 9.90 Å². The van der Waals surface area contributed by atoms with Crippen LogP contribution in [-0.4, -0.2) is 35.7 Å². The van der Waals surface area contributed by atoms with Gasteiger partial charge in [-0.15, -0.1) is 0 Å². The summed E-state index contributed by atoms with van der Waals surface area (Å²) in [4.78, 5) is 11.7. The normalized spacial score (nSPS) is 16.9. The maximum atomic E-state index is 11.7. The number of carbonyl (C=O) groups is 1. The van der Waals surface area contributed by atoms with Gasteiger partial charge in [0, 0.05) is 12.1 Å². The number of amides is 1. The first-order valence-electron chi connectivity index (χ1n) is 6.09. The number of hydrogen-bond donors (Lipinski definition) is 3. The van der Waals surface area contributed by atoms with Crippen LogP contribution in [0.2, 0.25) is 0 Å². The Bertz CT molecular complexity index is 207. The second-order valence-electron chi connectivity index (χ2n) is 4.74. The molecule has 0 aliphatic rings. The van der Waals surface area contributed by atoms with Crippen LogP contribution >= 0.6 is 0 Å². The summed E-state index contributed by atoms with van der Waals surface area (Å²) in [5.41, 5.74) is 0. The van der Waals surface area contributed by atoms with E-state index < -0.39 is 0 Å². The Hall–Kier alpha value is -0.610. The fraction of sp³-hybridized carbons (Fsp3) is 0.917. The fourth-order valence-electron chi connectivity index (χ4n) is 1.32. The van der Waals surface area contributed by atoms with Gasteiger partial charge in [-0.2, -0.15) is 0 Å². The van der Waals surface area contributed by atoms with E-state index in [9.17, 15) is 4.79 Å². The molecule has 96 valence electrons. The largest absolute Gasteiger partial charge is 0.395 e. The predicted octanol–water partition coefficient (Wildman–Crippen LogP) is 0.896. The molecule has 0 spiro atoms. The molecule has 1 amide bonds. The van der Waals surface area contributed by atoms with E-state index in [0.717, 1.165) is 6.42 Å². The van der Waals surface area contributed by atoms with Crippen molar-refractivity contribution in [3.8, 4) is 0 Å². The molecule has 3 atom stereocenters. The van der Waals surface area contributed by atoms with Crippen LogP contribution in [0.3, 0.4) is 0 Å². The monoisotopic (exact) mass is 230 g/mol. The van der Waals surface area contributed by atoms with Gasteiger partial charge in [-0.25, -0.2) is 0 Å². The van der Waals surface area contributed by atoms with Crippen LogP contribution in [0, 0.1) is 5.92 Å². The van der Waals surface area contributed by atoms with Crippen LogP contribution in [-0.2, 0) is 4.79 Å². The van der Waals surface area contributed by atoms with Crippen LogP contribution in [0.4, 0.5) is 0 Å². The Morgan fingerprint density at radius 3 is 2.19 bits per heavy atom. The Labute approximate surface area is 98.8 Å². The molecule has 0 aromatic rings. The Morgan fingerprint density at radius 1 is 1.25 bits per heavy atom. The molecule has 0 bridgehead atoms. The van der Waals surface area contributed by atoms with E-state index in [0.29, 0.717) is 5.92 Å². The average molecular weight is 230 g/mol. The van der Waals surface area contributed by atoms with Crippen molar-refractivity contribution >= 4 is 5.91 Å². The van der Waals surface area contributed by atoms with Gasteiger partial charge in [0.15, 0.2) is 0 Å². The van der Waals surface area contributed by atoms with Crippen LogP contribution in [0.15, 0.2) is 0 Å². The summed E-state index contributed by atoms with van der Waals surface area (Å²) in [5.74, 6) is 0.303. The highest BCUT2D eigenvalue weighted by molar-refractivity contribution is 5.81. The molecule has 0 aliphatic heterocycles. The summed E-state index contributed by atoms with van der Waals surface area (Å²) in [5, 5.41) is 15.2. The van der Waals surface area contributed by atoms with Crippen LogP contribution in [0.1, 0.15) is 41.0 Å². The predicted molar refractivity (Wildman–Crippen MR) is 66.2 cm³/mol. The summed E-state index contributed by atoms with van der Waals surface area (Å²) < 4.78 is 0. The standard InChI is InChI=1S/C12H26N2O2/c1-6-9(4)13-12(16)10(5)14-11(7-15)8(2)3/h8-11,14-15H,6-7H2,1-5H3,(H,13,16). The van der Waals surface area contributed by atoms with E-state index in [4.69, 9.17) is 5.11 Å². The number of hydrogen-bond acceptors (Lipinski definition) is 3. The highest BCUT2D eigenvalue weighted by atomic mass is 16.3. The molecule has 0 fully saturated rings. The summed E-state index contributed by atoms with van der Waals surface area (Å²) in [6, 6.07) is -0.102. The van der Waals surface area contributed by atoms with Gasteiger partial charge in [0.05, 0.1) is 12.6 Å². The SMILES string of the molecule is CCC(C)NC(=O)C(C)NC(CO)C(C)C. The first-order chi connectivity index (χ1) is 7.42. The van der Waals surface area contributed by atoms with E-state index in [1.54, 1.807) is 0 Å². The second kappa shape index (κ2) is 7.63. The van der Waals surface area contributed by atoms with Crippen molar-refractivity contribution in [2.75, 3.05) is 6.61 Å². The summed E-state index contributed by atoms with van der Waals surface area (Å²) in [6.45, 7) is 9.94. The Balaban J connectivity index is 4.13. The molecule has 0 saturated heterocycles. The Morgan fingerprint density at radius 2 is 1.81 bits per heavy atom. The van der Waals surface area contributed by atoms with Crippen molar-refractivity contribution in [3.05, 3.63) is 0 Å². The molecule has 16 heavy (non-hydrogen) atoms. The van der Waals surface area contributed by atoms with Gasteiger partial charge in [-0.1, -0.05) is 20.8 Å². The second-order valence-corrected chi connectivity index (χ2v) is 4.74. The van der Waals surface area contributed by atoms with E-state index in [1.165, 1.54) is 0 Å². The quantitative estimate of drug-likeness (QED) is 0.609. The molecular formula is C12H26N2O2. The van der Waals surface area contributed by atoms with Gasteiger partial charge >= 0.3 is 0 Å². The molecule has 0 aromatic heterocycles. The van der Waals surface area contributed by atoms with E-state index in [2.05, 4.69) is 10.6 Å². The summed E-state index contributed by atoms with van der Waals surface area (Å²) in [7, 11) is 0. The maximum Gasteiger partial charge on any atom is 0.237 e. The lowest BCUT2D eigenvalue weighted by Crippen LogP contribution is -2.51. The summed E-state index contributed by atoms with van der Waals surface area (Å²) in [6.07, 6.45) is 0.923. The zero-order valence-corrected chi connectivity index (χ0v) is 11.1. The molecule has 4 nitrogen and oxygen atoms in total. The van der Waals surface area contributed by atoms with E-state index >= 15 is 0 Å². The molecule has 3 N–H and O–H groups in total. The molecule has 3 unspecified atom stereocenters. The van der Waals surface area contributed by atoms with Crippen molar-refractivity contribution in [1.82, 2.24) is 10.6 Å². The topological polar surface area (TPSA) is 61.4 Å². The minimum Gasteiger partial charge on any atom is -0.395 e. The Kier molecular flexibility index (Phi) is 7.34. The van der Waals surface area contributed by atoms with E-state index in [-0.39, 0.29) is 30.6 Å². The molecule has 0 radical (unpaired) electrons. The fourth-order valence-corrected chi connectivity index (χ4v) is 1.32. The third kappa shape index (κ3) is 5.47. The van der Waals surface area contributed by atoms with Crippen LogP contribution in [0.5, 0.6) is 0 Å². The molecule has 0 aliphatic carbocycles. The first-order valence-corrected chi connectivity index (χ1v) is 6.09. The number of carbonyl (C=O) groups excluding carboxylic acids is 1. The van der Waals surface area contributed by atoms with Gasteiger partial charge < -0.3 is 15.7 Å². The lowest BCUT2D eigenvalue weighted by molar-refractivity contribution is -0.123. The van der Waals surface area contributed by atoms with Gasteiger partial charge in [0.25, 0.3) is 0 Å². The highest BCUT2D eigenvalue weighted by Gasteiger charge is 2.20.